The topological polar surface area (TPSA) is 30.7 Å². The zero-order chi connectivity index (χ0) is 9.59. The second-order valence-electron chi connectivity index (χ2n) is 3.17. The molecule has 0 radical (unpaired) electrons. The predicted molar refractivity (Wildman–Crippen MR) is 61.2 cm³/mol. The number of imidazole rings is 1. The summed E-state index contributed by atoms with van der Waals surface area (Å²) in [4.78, 5) is 8.90. The lowest BCUT2D eigenvalue weighted by Gasteiger charge is -1.98. The Hall–Kier alpha value is -0.650. The highest BCUT2D eigenvalue weighted by molar-refractivity contribution is 14.1. The summed E-state index contributed by atoms with van der Waals surface area (Å²) in [6, 6.07) is 2.08. The molecule has 0 atom stereocenters. The Morgan fingerprint density at radius 3 is 2.62 bits per heavy atom. The van der Waals surface area contributed by atoms with Crippen LogP contribution < -0.4 is 0 Å². The molecule has 3 nitrogen and oxygen atoms in total. The summed E-state index contributed by atoms with van der Waals surface area (Å²) >= 11 is 2.22. The molecule has 0 saturated heterocycles. The molecule has 0 aliphatic rings. The Balaban J connectivity index is 2.89. The van der Waals surface area contributed by atoms with E-state index in [1.54, 1.807) is 0 Å². The van der Waals surface area contributed by atoms with Gasteiger partial charge in [-0.15, -0.1) is 0 Å². The van der Waals surface area contributed by atoms with Crippen LogP contribution in [0.2, 0.25) is 0 Å². The number of halogens is 1. The average molecular weight is 287 g/mol. The molecule has 0 saturated carbocycles. The highest BCUT2D eigenvalue weighted by Gasteiger charge is 2.07. The Morgan fingerprint density at radius 1 is 1.23 bits per heavy atom. The lowest BCUT2D eigenvalue weighted by atomic mass is 10.2. The number of rotatable bonds is 0. The molecule has 0 spiro atoms. The maximum atomic E-state index is 4.49. The van der Waals surface area contributed by atoms with Gasteiger partial charge in [-0.3, -0.25) is 2.78 Å². The Labute approximate surface area is 90.7 Å². The van der Waals surface area contributed by atoms with Gasteiger partial charge in [0.05, 0.1) is 22.9 Å². The van der Waals surface area contributed by atoms with Gasteiger partial charge in [0, 0.05) is 5.69 Å². The van der Waals surface area contributed by atoms with Crippen molar-refractivity contribution in [3.8, 4) is 0 Å². The molecule has 2 rings (SSSR count). The van der Waals surface area contributed by atoms with E-state index in [-0.39, 0.29) is 0 Å². The minimum atomic E-state index is 0.959. The molecule has 2 heterocycles. The molecule has 2 aromatic rings. The van der Waals surface area contributed by atoms with Crippen molar-refractivity contribution in [2.75, 3.05) is 0 Å². The van der Waals surface area contributed by atoms with Gasteiger partial charge in [0.15, 0.2) is 5.65 Å². The summed E-state index contributed by atoms with van der Waals surface area (Å²) < 4.78 is 1.99. The number of fused-ring (bicyclic) bond motifs is 1. The van der Waals surface area contributed by atoms with E-state index in [1.807, 2.05) is 16.6 Å². The lowest BCUT2D eigenvalue weighted by molar-refractivity contribution is 1.12. The van der Waals surface area contributed by atoms with E-state index < -0.39 is 0 Å². The van der Waals surface area contributed by atoms with Gasteiger partial charge in [0.25, 0.3) is 0 Å². The molecule has 0 amide bonds. The molecule has 68 valence electrons. The summed E-state index contributed by atoms with van der Waals surface area (Å²) in [7, 11) is 0. The van der Waals surface area contributed by atoms with E-state index >= 15 is 0 Å². The van der Waals surface area contributed by atoms with Crippen LogP contribution in [0.3, 0.4) is 0 Å². The second-order valence-corrected chi connectivity index (χ2v) is 4.14. The van der Waals surface area contributed by atoms with Gasteiger partial charge in [-0.2, -0.15) is 0 Å². The first-order chi connectivity index (χ1) is 6.09. The summed E-state index contributed by atoms with van der Waals surface area (Å²) in [6.45, 7) is 6.07. The fraction of sp³-hybridized carbons (Fsp3) is 0.333. The van der Waals surface area contributed by atoms with Crippen LogP contribution in [0.4, 0.5) is 0 Å². The number of pyridine rings is 1. The highest BCUT2D eigenvalue weighted by Crippen LogP contribution is 2.18. The Bertz CT molecular complexity index is 473. The summed E-state index contributed by atoms with van der Waals surface area (Å²) in [5.41, 5.74) is 4.21. The summed E-state index contributed by atoms with van der Waals surface area (Å²) in [5, 5.41) is 0. The van der Waals surface area contributed by atoms with Crippen LogP contribution in [0.25, 0.3) is 11.2 Å². The summed E-state index contributed by atoms with van der Waals surface area (Å²) in [5.74, 6) is 0.994. The van der Waals surface area contributed by atoms with Gasteiger partial charge in [0.1, 0.15) is 11.3 Å². The number of aromatic nitrogens is 3. The normalized spacial score (nSPS) is 11.1. The predicted octanol–water partition coefficient (Wildman–Crippen LogP) is 2.55. The van der Waals surface area contributed by atoms with Crippen molar-refractivity contribution >= 4 is 34.0 Å². The van der Waals surface area contributed by atoms with Crippen molar-refractivity contribution in [1.82, 2.24) is 12.7 Å². The molecular weight excluding hydrogens is 277 g/mol. The quantitative estimate of drug-likeness (QED) is 0.697. The van der Waals surface area contributed by atoms with Gasteiger partial charge in [0.2, 0.25) is 0 Å². The first-order valence-corrected chi connectivity index (χ1v) is 5.05. The largest absolute Gasteiger partial charge is 0.252 e. The molecule has 0 N–H and O–H groups in total. The molecule has 0 aromatic carbocycles. The highest BCUT2D eigenvalue weighted by atomic mass is 127. The fourth-order valence-electron chi connectivity index (χ4n) is 1.28. The number of hydrogen-bond donors (Lipinski definition) is 0. The van der Waals surface area contributed by atoms with Crippen molar-refractivity contribution in [3.05, 3.63) is 23.1 Å². The van der Waals surface area contributed by atoms with E-state index in [9.17, 15) is 0 Å². The van der Waals surface area contributed by atoms with E-state index in [2.05, 4.69) is 45.8 Å². The fourth-order valence-corrected chi connectivity index (χ4v) is 1.74. The Morgan fingerprint density at radius 2 is 1.92 bits per heavy atom. The van der Waals surface area contributed by atoms with Gasteiger partial charge in [-0.25, -0.2) is 9.97 Å². The van der Waals surface area contributed by atoms with Crippen LogP contribution in [-0.4, -0.2) is 12.7 Å². The molecule has 4 heteroatoms. The SMILES string of the molecule is Cc1cc2nc(C)n(I)c2nc1C. The van der Waals surface area contributed by atoms with E-state index in [1.165, 1.54) is 5.56 Å². The van der Waals surface area contributed by atoms with Gasteiger partial charge in [-0.1, -0.05) is 0 Å². The maximum Gasteiger partial charge on any atom is 0.169 e. The zero-order valence-electron chi connectivity index (χ0n) is 7.80. The molecule has 0 bridgehead atoms. The molecule has 0 unspecified atom stereocenters. The third-order valence-corrected chi connectivity index (χ3v) is 3.33. The van der Waals surface area contributed by atoms with Crippen LogP contribution in [0.1, 0.15) is 17.1 Å². The van der Waals surface area contributed by atoms with Crippen molar-refractivity contribution in [1.29, 1.82) is 0 Å². The van der Waals surface area contributed by atoms with Crippen LogP contribution in [0.15, 0.2) is 6.07 Å². The number of hydrogen-bond acceptors (Lipinski definition) is 2. The van der Waals surface area contributed by atoms with Crippen molar-refractivity contribution in [2.45, 2.75) is 20.8 Å². The van der Waals surface area contributed by atoms with Gasteiger partial charge in [-0.05, 0) is 32.4 Å². The average Bonchev–Trinajstić information content (AvgIpc) is 2.32. The van der Waals surface area contributed by atoms with Crippen LogP contribution in [-0.2, 0) is 0 Å². The number of aryl methyl sites for hydroxylation is 3. The first-order valence-electron chi connectivity index (χ1n) is 4.09. The standard InChI is InChI=1S/C9H10IN3/c1-5-4-8-9(11-6(5)2)13(10)7(3)12-8/h4H,1-3H3. The third-order valence-electron chi connectivity index (χ3n) is 2.18. The molecule has 13 heavy (non-hydrogen) atoms. The Kier molecular flexibility index (Phi) is 2.02. The lowest BCUT2D eigenvalue weighted by Crippen LogP contribution is -1.89. The zero-order valence-corrected chi connectivity index (χ0v) is 9.95. The molecule has 0 aliphatic carbocycles. The second kappa shape index (κ2) is 2.94. The van der Waals surface area contributed by atoms with Gasteiger partial charge < -0.3 is 0 Å². The van der Waals surface area contributed by atoms with Crippen LogP contribution in [0.5, 0.6) is 0 Å². The van der Waals surface area contributed by atoms with Crippen molar-refractivity contribution in [3.63, 3.8) is 0 Å². The molecule has 0 fully saturated rings. The molecule has 2 aromatic heterocycles. The maximum absolute atomic E-state index is 4.49. The third kappa shape index (κ3) is 1.33. The van der Waals surface area contributed by atoms with E-state index in [0.29, 0.717) is 0 Å². The van der Waals surface area contributed by atoms with Crippen molar-refractivity contribution < 1.29 is 0 Å². The minimum absolute atomic E-state index is 0.959. The molecular formula is C9H10IN3. The van der Waals surface area contributed by atoms with E-state index in [0.717, 1.165) is 22.7 Å². The molecule has 0 aliphatic heterocycles. The minimum Gasteiger partial charge on any atom is -0.252 e. The number of nitrogens with zero attached hydrogens (tertiary/aromatic N) is 3. The smallest absolute Gasteiger partial charge is 0.169 e. The summed E-state index contributed by atoms with van der Waals surface area (Å²) in [6.07, 6.45) is 0. The first kappa shape index (κ1) is 8.93. The van der Waals surface area contributed by atoms with E-state index in [4.69, 9.17) is 0 Å². The van der Waals surface area contributed by atoms with Crippen molar-refractivity contribution in [2.24, 2.45) is 0 Å². The van der Waals surface area contributed by atoms with Gasteiger partial charge >= 0.3 is 0 Å². The van der Waals surface area contributed by atoms with Crippen LogP contribution >= 0.6 is 22.9 Å². The monoisotopic (exact) mass is 287 g/mol. The van der Waals surface area contributed by atoms with Crippen LogP contribution in [0, 0.1) is 20.8 Å².